The summed E-state index contributed by atoms with van der Waals surface area (Å²) < 4.78 is 92.3. The number of hydrogen-bond acceptors (Lipinski definition) is 11. The van der Waals surface area contributed by atoms with Crippen LogP contribution in [0.25, 0.3) is 10.8 Å². The van der Waals surface area contributed by atoms with Crippen molar-refractivity contribution in [3.05, 3.63) is 36.5 Å². The second kappa shape index (κ2) is 16.0. The van der Waals surface area contributed by atoms with E-state index in [1.807, 2.05) is 13.0 Å². The van der Waals surface area contributed by atoms with Crippen LogP contribution in [-0.2, 0) is 29.1 Å². The number of carbonyl (C=O) groups is 4. The third-order valence-electron chi connectivity index (χ3n) is 12.0. The van der Waals surface area contributed by atoms with Crippen LogP contribution in [0.3, 0.4) is 0 Å². The minimum atomic E-state index is -4.92. The first-order chi connectivity index (χ1) is 27.8. The van der Waals surface area contributed by atoms with Gasteiger partial charge in [-0.3, -0.25) is 19.1 Å². The molecule has 3 aliphatic heterocycles. The molecule has 1 aromatic carbocycles. The minimum Gasteiger partial charge on any atom is -0.486 e. The number of aromatic nitrogens is 1. The molecule has 2 saturated carbocycles. The third-order valence-corrected chi connectivity index (χ3v) is 13.8. The van der Waals surface area contributed by atoms with Crippen LogP contribution in [0.4, 0.5) is 18.0 Å². The van der Waals surface area contributed by atoms with E-state index < -0.39 is 86.4 Å². The number of allylic oxidation sites excluding steroid dienone is 1. The Hall–Kier alpha value is -4.81. The molecule has 2 aliphatic carbocycles. The number of pyridine rings is 1. The number of fused-ring (bicyclic) bond motifs is 5. The highest BCUT2D eigenvalue weighted by atomic mass is 32.2. The van der Waals surface area contributed by atoms with Gasteiger partial charge in [0.2, 0.25) is 33.3 Å². The fraction of sp³-hybridized carbons (Fsp3) is 0.625. The SMILES string of the molecule is CC[C@@H]1C[C@H](C)CC/C=C\C2C[C@@]2(C(=O)NS(=O)(=O)C2CC2)NC(=O)[C@@H]2C[C@@H](Oc3nccc4c5c(ccc34)OCCO5)CN2C(=O)[C@H]1NC(=O)OC(C)(C)C(F)(F)F. The molecule has 0 spiro atoms. The first-order valence-electron chi connectivity index (χ1n) is 20.1. The Labute approximate surface area is 340 Å². The van der Waals surface area contributed by atoms with Gasteiger partial charge in [-0.1, -0.05) is 32.4 Å². The quantitative estimate of drug-likeness (QED) is 0.313. The monoisotopic (exact) mass is 849 g/mol. The van der Waals surface area contributed by atoms with E-state index in [1.165, 1.54) is 11.1 Å². The number of benzene rings is 1. The number of amides is 4. The van der Waals surface area contributed by atoms with Crippen LogP contribution in [0.15, 0.2) is 36.5 Å². The normalized spacial score (nSPS) is 29.5. The van der Waals surface area contributed by atoms with E-state index in [9.17, 15) is 40.8 Å². The van der Waals surface area contributed by atoms with Gasteiger partial charge in [0.15, 0.2) is 11.5 Å². The molecule has 1 aromatic heterocycles. The van der Waals surface area contributed by atoms with E-state index in [4.69, 9.17) is 18.9 Å². The minimum absolute atomic E-state index is 0.0341. The fourth-order valence-electron chi connectivity index (χ4n) is 8.15. The summed E-state index contributed by atoms with van der Waals surface area (Å²) >= 11 is 0. The summed E-state index contributed by atoms with van der Waals surface area (Å²) in [7, 11) is -3.99. The van der Waals surface area contributed by atoms with Gasteiger partial charge in [0.1, 0.15) is 36.9 Å². The lowest BCUT2D eigenvalue weighted by molar-refractivity contribution is -0.244. The number of nitrogens with one attached hydrogen (secondary N) is 3. The Morgan fingerprint density at radius 1 is 1.07 bits per heavy atom. The van der Waals surface area contributed by atoms with Crippen molar-refractivity contribution in [1.29, 1.82) is 0 Å². The summed E-state index contributed by atoms with van der Waals surface area (Å²) in [6.07, 6.45) is 0.607. The number of ether oxygens (including phenoxy) is 4. The summed E-state index contributed by atoms with van der Waals surface area (Å²) in [4.78, 5) is 62.2. The molecule has 0 radical (unpaired) electrons. The molecule has 5 aliphatic rings. The van der Waals surface area contributed by atoms with E-state index in [2.05, 4.69) is 20.3 Å². The van der Waals surface area contributed by atoms with Crippen molar-refractivity contribution >= 4 is 44.6 Å². The zero-order valence-corrected chi connectivity index (χ0v) is 34.1. The van der Waals surface area contributed by atoms with Gasteiger partial charge in [-0.05, 0) is 82.4 Å². The molecule has 1 unspecified atom stereocenters. The molecule has 3 fully saturated rings. The van der Waals surface area contributed by atoms with Crippen molar-refractivity contribution in [2.75, 3.05) is 19.8 Å². The highest BCUT2D eigenvalue weighted by Gasteiger charge is 2.62. The lowest BCUT2D eigenvalue weighted by Gasteiger charge is -2.35. The molecule has 3 N–H and O–H groups in total. The predicted molar refractivity (Wildman–Crippen MR) is 206 cm³/mol. The highest BCUT2D eigenvalue weighted by Crippen LogP contribution is 2.47. The van der Waals surface area contributed by atoms with Gasteiger partial charge >= 0.3 is 12.3 Å². The number of alkyl halides is 3. The third kappa shape index (κ3) is 8.75. The standard InChI is InChI=1S/C40H50F3N5O10S/c1-5-23-18-22(2)8-6-7-9-24-20-39(24,36(51)47-59(53,54)26-10-11-26)46-33(49)29-19-25(21-48(29)35(50)31(23)45-37(52)58-38(3,4)40(41,42)43)57-34-28-12-13-30-32(56-17-16-55-30)27(28)14-15-44-34/h7,9,12-15,22-26,29,31H,5-6,8,10-11,16-21H2,1-4H3,(H,45,52)(H,46,49)(H,47,51)/b9-7-/t22-,23-,24?,25-,29+,31+,39-/m1/s1. The van der Waals surface area contributed by atoms with Crippen molar-refractivity contribution in [3.8, 4) is 17.4 Å². The first kappa shape index (κ1) is 42.3. The average molecular weight is 850 g/mol. The fourth-order valence-corrected chi connectivity index (χ4v) is 9.52. The number of halogens is 3. The second-order valence-corrected chi connectivity index (χ2v) is 18.7. The number of alkyl carbamates (subject to hydrolysis) is 1. The van der Waals surface area contributed by atoms with Crippen LogP contribution in [0, 0.1) is 17.8 Å². The van der Waals surface area contributed by atoms with E-state index in [0.717, 1.165) is 0 Å². The Balaban J connectivity index is 1.24. The van der Waals surface area contributed by atoms with Crippen molar-refractivity contribution in [3.63, 3.8) is 0 Å². The van der Waals surface area contributed by atoms with E-state index in [-0.39, 0.29) is 31.2 Å². The Kier molecular flexibility index (Phi) is 11.5. The summed E-state index contributed by atoms with van der Waals surface area (Å²) in [5, 5.41) is 5.74. The molecule has 2 aromatic rings. The van der Waals surface area contributed by atoms with Crippen molar-refractivity contribution in [2.24, 2.45) is 17.8 Å². The van der Waals surface area contributed by atoms with E-state index >= 15 is 0 Å². The molecule has 15 nitrogen and oxygen atoms in total. The highest BCUT2D eigenvalue weighted by molar-refractivity contribution is 7.91. The average Bonchev–Trinajstić information content (AvgIpc) is 4.10. The molecule has 59 heavy (non-hydrogen) atoms. The molecule has 19 heteroatoms. The van der Waals surface area contributed by atoms with Crippen molar-refractivity contribution in [2.45, 2.75) is 120 Å². The van der Waals surface area contributed by atoms with Crippen LogP contribution >= 0.6 is 0 Å². The molecule has 0 bridgehead atoms. The maximum absolute atomic E-state index is 14.9. The summed E-state index contributed by atoms with van der Waals surface area (Å²) in [6, 6.07) is 2.45. The zero-order valence-electron chi connectivity index (χ0n) is 33.3. The summed E-state index contributed by atoms with van der Waals surface area (Å²) in [5.41, 5.74) is -4.52. The molecule has 4 heterocycles. The van der Waals surface area contributed by atoms with E-state index in [0.29, 0.717) is 87.9 Å². The number of carbonyl (C=O) groups excluding carboxylic acids is 4. The molecule has 1 saturated heterocycles. The Bertz CT molecular complexity index is 2130. The summed E-state index contributed by atoms with van der Waals surface area (Å²) in [5.74, 6) is -2.38. The number of sulfonamides is 1. The van der Waals surface area contributed by atoms with Gasteiger partial charge in [0.25, 0.3) is 5.91 Å². The van der Waals surface area contributed by atoms with Crippen LogP contribution in [-0.4, -0.2) is 103 Å². The van der Waals surface area contributed by atoms with Crippen molar-refractivity contribution in [1.82, 2.24) is 25.2 Å². The van der Waals surface area contributed by atoms with Crippen LogP contribution in [0.5, 0.6) is 17.4 Å². The maximum atomic E-state index is 14.9. The van der Waals surface area contributed by atoms with Gasteiger partial charge in [-0.2, -0.15) is 13.2 Å². The van der Waals surface area contributed by atoms with Gasteiger partial charge < -0.3 is 34.5 Å². The van der Waals surface area contributed by atoms with Crippen LogP contribution in [0.2, 0.25) is 0 Å². The smallest absolute Gasteiger partial charge is 0.427 e. The lowest BCUT2D eigenvalue weighted by atomic mass is 9.85. The van der Waals surface area contributed by atoms with Gasteiger partial charge in [0.05, 0.1) is 11.8 Å². The van der Waals surface area contributed by atoms with Crippen LogP contribution < -0.4 is 29.6 Å². The topological polar surface area (TPSA) is 192 Å². The molecule has 7 rings (SSSR count). The molecule has 4 amide bonds. The maximum Gasteiger partial charge on any atom is 0.427 e. The lowest BCUT2D eigenvalue weighted by Crippen LogP contribution is -2.59. The predicted octanol–water partition coefficient (Wildman–Crippen LogP) is 4.68. The van der Waals surface area contributed by atoms with Gasteiger partial charge in [0, 0.05) is 29.3 Å². The first-order valence-corrected chi connectivity index (χ1v) is 21.6. The Morgan fingerprint density at radius 3 is 2.53 bits per heavy atom. The van der Waals surface area contributed by atoms with Gasteiger partial charge in [-0.25, -0.2) is 18.2 Å². The molecule has 7 atom stereocenters. The largest absolute Gasteiger partial charge is 0.486 e. The van der Waals surface area contributed by atoms with Crippen LogP contribution in [0.1, 0.15) is 79.1 Å². The molecular formula is C40H50F3N5O10S. The number of rotatable bonds is 8. The van der Waals surface area contributed by atoms with E-state index in [1.54, 1.807) is 31.2 Å². The zero-order chi connectivity index (χ0) is 42.5. The second-order valence-electron chi connectivity index (χ2n) is 16.8. The number of nitrogens with zero attached hydrogens (tertiary/aromatic N) is 2. The van der Waals surface area contributed by atoms with Crippen molar-refractivity contribution < 1.29 is 59.7 Å². The van der Waals surface area contributed by atoms with Gasteiger partial charge in [-0.15, -0.1) is 0 Å². The summed E-state index contributed by atoms with van der Waals surface area (Å²) in [6.45, 7) is 5.64. The Morgan fingerprint density at radius 2 is 1.81 bits per heavy atom. The number of hydrogen-bond donors (Lipinski definition) is 3. The molecular weight excluding hydrogens is 800 g/mol. The molecule has 322 valence electrons.